The van der Waals surface area contributed by atoms with Gasteiger partial charge in [-0.3, -0.25) is 25.0 Å². The number of amides is 2. The minimum Gasteiger partial charge on any atom is -0.367 e. The first-order valence-electron chi connectivity index (χ1n) is 13.3. The van der Waals surface area contributed by atoms with Crippen molar-refractivity contribution in [2.45, 2.75) is 12.8 Å². The maximum absolute atomic E-state index is 12.8. The Morgan fingerprint density at radius 2 is 1.49 bits per heavy atom. The highest BCUT2D eigenvalue weighted by molar-refractivity contribution is 7.80. The lowest BCUT2D eigenvalue weighted by molar-refractivity contribution is -0.384. The number of benzene rings is 3. The Morgan fingerprint density at radius 1 is 0.829 bits per heavy atom. The van der Waals surface area contributed by atoms with Crippen molar-refractivity contribution in [1.29, 1.82) is 0 Å². The van der Waals surface area contributed by atoms with Gasteiger partial charge in [-0.1, -0.05) is 29.8 Å². The Kier molecular flexibility index (Phi) is 8.65. The lowest BCUT2D eigenvalue weighted by atomic mass is 10.1. The van der Waals surface area contributed by atoms with Crippen LogP contribution in [-0.2, 0) is 0 Å². The van der Waals surface area contributed by atoms with E-state index < -0.39 is 10.8 Å². The number of hydrogen-bond donors (Lipinski definition) is 2. The molecule has 2 N–H and O–H groups in total. The first-order chi connectivity index (χ1) is 19.8. The van der Waals surface area contributed by atoms with Crippen LogP contribution in [0.3, 0.4) is 0 Å². The minimum absolute atomic E-state index is 0.0172. The largest absolute Gasteiger partial charge is 0.367 e. The summed E-state index contributed by atoms with van der Waals surface area (Å²) >= 11 is 11.9. The Hall–Kier alpha value is -4.22. The number of nitro benzene ring substituents is 1. The number of piperazine rings is 1. The topological polar surface area (TPSA) is 111 Å². The summed E-state index contributed by atoms with van der Waals surface area (Å²) in [5, 5.41) is 17.7. The highest BCUT2D eigenvalue weighted by atomic mass is 35.5. The van der Waals surface area contributed by atoms with Crippen molar-refractivity contribution in [2.75, 3.05) is 54.4 Å². The lowest BCUT2D eigenvalue weighted by Crippen LogP contribution is -2.48. The Balaban J connectivity index is 1.17. The second kappa shape index (κ2) is 12.5. The fourth-order valence-electron chi connectivity index (χ4n) is 5.13. The number of nitrogens with one attached hydrogen (secondary N) is 2. The molecule has 2 heterocycles. The highest BCUT2D eigenvalue weighted by Crippen LogP contribution is 2.32. The molecule has 3 aromatic rings. The van der Waals surface area contributed by atoms with E-state index in [0.29, 0.717) is 48.1 Å². The Labute approximate surface area is 248 Å². The molecule has 0 atom stereocenters. The summed E-state index contributed by atoms with van der Waals surface area (Å²) in [6.45, 7) is 3.96. The van der Waals surface area contributed by atoms with Crippen molar-refractivity contribution in [3.8, 4) is 0 Å². The Bertz CT molecular complexity index is 1470. The number of rotatable bonds is 6. The van der Waals surface area contributed by atoms with Crippen LogP contribution in [0.1, 0.15) is 33.6 Å². The van der Waals surface area contributed by atoms with Crippen molar-refractivity contribution in [1.82, 2.24) is 10.2 Å². The zero-order valence-electron chi connectivity index (χ0n) is 22.2. The molecule has 0 spiro atoms. The summed E-state index contributed by atoms with van der Waals surface area (Å²) in [7, 11) is 0. The van der Waals surface area contributed by atoms with Gasteiger partial charge in [-0.05, 0) is 67.5 Å². The normalized spacial score (nSPS) is 15.0. The summed E-state index contributed by atoms with van der Waals surface area (Å²) in [5.41, 5.74) is 2.65. The molecule has 2 amide bonds. The molecule has 0 saturated carbocycles. The monoisotopic (exact) mass is 592 g/mol. The molecular formula is C29H29ClN6O4S. The van der Waals surface area contributed by atoms with Gasteiger partial charge in [0.25, 0.3) is 17.5 Å². The van der Waals surface area contributed by atoms with Gasteiger partial charge >= 0.3 is 0 Å². The zero-order chi connectivity index (χ0) is 28.9. The molecule has 0 aliphatic carbocycles. The van der Waals surface area contributed by atoms with E-state index in [-0.39, 0.29) is 22.3 Å². The van der Waals surface area contributed by atoms with Gasteiger partial charge in [0, 0.05) is 62.1 Å². The third-order valence-corrected chi connectivity index (χ3v) is 7.75. The molecular weight excluding hydrogens is 564 g/mol. The van der Waals surface area contributed by atoms with Crippen molar-refractivity contribution in [2.24, 2.45) is 0 Å². The van der Waals surface area contributed by atoms with Gasteiger partial charge in [-0.2, -0.15) is 0 Å². The standard InChI is InChI=1S/C29H29ClN6O4S/c30-23-19-22(9-11-24(23)34-14-16-35(17-15-34)28(38)20-6-2-1-3-7-20)31-29(41)32-27(37)21-8-10-25(26(18-21)36(39)40)33-12-4-5-13-33/h1-3,6-11,18-19H,4-5,12-17H2,(H2,31,32,37,41). The van der Waals surface area contributed by atoms with E-state index in [1.54, 1.807) is 24.3 Å². The molecule has 2 saturated heterocycles. The zero-order valence-corrected chi connectivity index (χ0v) is 23.8. The minimum atomic E-state index is -0.552. The second-order valence-electron chi connectivity index (χ2n) is 9.87. The van der Waals surface area contributed by atoms with Crippen LogP contribution in [0.2, 0.25) is 5.02 Å². The van der Waals surface area contributed by atoms with E-state index in [1.165, 1.54) is 6.07 Å². The molecule has 212 valence electrons. The van der Waals surface area contributed by atoms with Crippen LogP contribution < -0.4 is 20.4 Å². The SMILES string of the molecule is O=C(NC(=S)Nc1ccc(N2CCN(C(=O)c3ccccc3)CC2)c(Cl)c1)c1ccc(N2CCCC2)c([N+](=O)[O-])c1. The maximum Gasteiger partial charge on any atom is 0.293 e. The van der Waals surface area contributed by atoms with Crippen LogP contribution in [0, 0.1) is 10.1 Å². The van der Waals surface area contributed by atoms with Gasteiger partial charge in [0.15, 0.2) is 5.11 Å². The average molecular weight is 593 g/mol. The van der Waals surface area contributed by atoms with E-state index >= 15 is 0 Å². The van der Waals surface area contributed by atoms with Gasteiger partial charge in [0.2, 0.25) is 0 Å². The molecule has 3 aromatic carbocycles. The number of nitrogens with zero attached hydrogens (tertiary/aromatic N) is 4. The first-order valence-corrected chi connectivity index (χ1v) is 14.1. The predicted molar refractivity (Wildman–Crippen MR) is 164 cm³/mol. The Morgan fingerprint density at radius 3 is 2.15 bits per heavy atom. The predicted octanol–water partition coefficient (Wildman–Crippen LogP) is 4.94. The van der Waals surface area contributed by atoms with Crippen LogP contribution in [0.5, 0.6) is 0 Å². The number of carbonyl (C=O) groups excluding carboxylic acids is 2. The first kappa shape index (κ1) is 28.3. The highest BCUT2D eigenvalue weighted by Gasteiger charge is 2.25. The molecule has 41 heavy (non-hydrogen) atoms. The van der Waals surface area contributed by atoms with Crippen molar-refractivity contribution >= 4 is 63.5 Å². The van der Waals surface area contributed by atoms with Gasteiger partial charge in [-0.15, -0.1) is 0 Å². The van der Waals surface area contributed by atoms with E-state index in [1.807, 2.05) is 46.2 Å². The third-order valence-electron chi connectivity index (χ3n) is 7.24. The molecule has 2 fully saturated rings. The van der Waals surface area contributed by atoms with Crippen LogP contribution >= 0.6 is 23.8 Å². The van der Waals surface area contributed by atoms with Crippen molar-refractivity contribution in [3.05, 3.63) is 93.0 Å². The molecule has 2 aliphatic heterocycles. The number of thiocarbonyl (C=S) groups is 1. The number of anilines is 3. The van der Waals surface area contributed by atoms with E-state index in [2.05, 4.69) is 15.5 Å². The molecule has 0 bridgehead atoms. The van der Waals surface area contributed by atoms with Gasteiger partial charge < -0.3 is 20.0 Å². The summed E-state index contributed by atoms with van der Waals surface area (Å²) < 4.78 is 0. The third kappa shape index (κ3) is 6.58. The molecule has 0 radical (unpaired) electrons. The number of nitro groups is 1. The van der Waals surface area contributed by atoms with E-state index in [9.17, 15) is 19.7 Å². The average Bonchev–Trinajstić information content (AvgIpc) is 3.52. The number of carbonyl (C=O) groups is 2. The van der Waals surface area contributed by atoms with Crippen molar-refractivity contribution in [3.63, 3.8) is 0 Å². The summed E-state index contributed by atoms with van der Waals surface area (Å²) in [6, 6.07) is 19.1. The summed E-state index contributed by atoms with van der Waals surface area (Å²) in [5.74, 6) is -0.534. The lowest BCUT2D eigenvalue weighted by Gasteiger charge is -2.36. The number of hydrogen-bond acceptors (Lipinski definition) is 7. The molecule has 5 rings (SSSR count). The molecule has 0 unspecified atom stereocenters. The van der Waals surface area contributed by atoms with Gasteiger partial charge in [0.1, 0.15) is 5.69 Å². The smallest absolute Gasteiger partial charge is 0.293 e. The molecule has 0 aromatic heterocycles. The van der Waals surface area contributed by atoms with Crippen LogP contribution in [-0.4, -0.2) is 66.0 Å². The molecule has 10 nitrogen and oxygen atoms in total. The number of halogens is 1. The fourth-order valence-corrected chi connectivity index (χ4v) is 5.64. The maximum atomic E-state index is 12.8. The molecule has 2 aliphatic rings. The van der Waals surface area contributed by atoms with E-state index in [4.69, 9.17) is 23.8 Å². The fraction of sp³-hybridized carbons (Fsp3) is 0.276. The quantitative estimate of drug-likeness (QED) is 0.235. The summed E-state index contributed by atoms with van der Waals surface area (Å²) in [6.07, 6.45) is 1.97. The second-order valence-corrected chi connectivity index (χ2v) is 10.7. The van der Waals surface area contributed by atoms with E-state index in [0.717, 1.165) is 31.6 Å². The summed E-state index contributed by atoms with van der Waals surface area (Å²) in [4.78, 5) is 42.7. The van der Waals surface area contributed by atoms with Gasteiger partial charge in [-0.25, -0.2) is 0 Å². The molecule has 12 heteroatoms. The van der Waals surface area contributed by atoms with Gasteiger partial charge in [0.05, 0.1) is 15.6 Å². The van der Waals surface area contributed by atoms with Crippen LogP contribution in [0.15, 0.2) is 66.7 Å². The van der Waals surface area contributed by atoms with Crippen LogP contribution in [0.4, 0.5) is 22.7 Å². The van der Waals surface area contributed by atoms with Crippen molar-refractivity contribution < 1.29 is 14.5 Å². The van der Waals surface area contributed by atoms with Crippen LogP contribution in [0.25, 0.3) is 0 Å².